The van der Waals surface area contributed by atoms with Crippen LogP contribution in [0, 0.1) is 0 Å². The fourth-order valence-electron chi connectivity index (χ4n) is 2.94. The lowest BCUT2D eigenvalue weighted by Crippen LogP contribution is -2.42. The smallest absolute Gasteiger partial charge is 0.260 e. The molecular weight excluding hydrogens is 344 g/mol. The largest absolute Gasteiger partial charge is 0.484 e. The molecule has 0 saturated carbocycles. The van der Waals surface area contributed by atoms with Gasteiger partial charge in [0, 0.05) is 31.9 Å². The van der Waals surface area contributed by atoms with Gasteiger partial charge in [-0.1, -0.05) is 12.1 Å². The Balaban J connectivity index is 1.48. The molecule has 27 heavy (non-hydrogen) atoms. The van der Waals surface area contributed by atoms with Crippen molar-refractivity contribution in [2.45, 2.75) is 19.5 Å². The molecule has 7 heteroatoms. The fraction of sp³-hybridized carbons (Fsp3) is 0.450. The Morgan fingerprint density at radius 3 is 2.67 bits per heavy atom. The van der Waals surface area contributed by atoms with E-state index in [4.69, 9.17) is 9.47 Å². The van der Waals surface area contributed by atoms with Crippen LogP contribution in [0.15, 0.2) is 42.9 Å². The first-order valence-electron chi connectivity index (χ1n) is 9.17. The van der Waals surface area contributed by atoms with Gasteiger partial charge in [-0.3, -0.25) is 9.69 Å². The molecule has 1 aliphatic rings. The van der Waals surface area contributed by atoms with Crippen LogP contribution in [0.3, 0.4) is 0 Å². The SMILES string of the molecule is C[C@@H](c1ccncn1)N(C)Cc1ccc(OCC(=O)N2CCOCC2)cc1. The minimum atomic E-state index is 0.000727. The number of rotatable bonds is 7. The van der Waals surface area contributed by atoms with Crippen molar-refractivity contribution in [1.29, 1.82) is 0 Å². The molecule has 1 amide bonds. The predicted octanol–water partition coefficient (Wildman–Crippen LogP) is 1.91. The molecule has 0 N–H and O–H groups in total. The van der Waals surface area contributed by atoms with Crippen molar-refractivity contribution in [3.63, 3.8) is 0 Å². The van der Waals surface area contributed by atoms with E-state index in [0.29, 0.717) is 32.1 Å². The first kappa shape index (κ1) is 19.3. The lowest BCUT2D eigenvalue weighted by atomic mass is 10.1. The molecule has 0 aliphatic carbocycles. The monoisotopic (exact) mass is 370 g/mol. The number of carbonyl (C=O) groups is 1. The summed E-state index contributed by atoms with van der Waals surface area (Å²) >= 11 is 0. The maximum atomic E-state index is 12.1. The van der Waals surface area contributed by atoms with Crippen LogP contribution < -0.4 is 4.74 Å². The Bertz CT molecular complexity index is 718. The molecule has 1 saturated heterocycles. The second-order valence-electron chi connectivity index (χ2n) is 6.65. The summed E-state index contributed by atoms with van der Waals surface area (Å²) in [5.41, 5.74) is 2.17. The Morgan fingerprint density at radius 2 is 2.00 bits per heavy atom. The van der Waals surface area contributed by atoms with Gasteiger partial charge in [-0.2, -0.15) is 0 Å². The second-order valence-corrected chi connectivity index (χ2v) is 6.65. The Morgan fingerprint density at radius 1 is 1.26 bits per heavy atom. The minimum Gasteiger partial charge on any atom is -0.484 e. The van der Waals surface area contributed by atoms with Gasteiger partial charge < -0.3 is 14.4 Å². The number of benzene rings is 1. The molecular formula is C20H26N4O3. The maximum absolute atomic E-state index is 12.1. The van der Waals surface area contributed by atoms with Crippen molar-refractivity contribution in [2.75, 3.05) is 40.0 Å². The predicted molar refractivity (Wildman–Crippen MR) is 101 cm³/mol. The van der Waals surface area contributed by atoms with E-state index >= 15 is 0 Å². The summed E-state index contributed by atoms with van der Waals surface area (Å²) in [5.74, 6) is 0.702. The number of nitrogens with zero attached hydrogens (tertiary/aromatic N) is 4. The molecule has 0 unspecified atom stereocenters. The van der Waals surface area contributed by atoms with Gasteiger partial charge in [0.1, 0.15) is 12.1 Å². The first-order chi connectivity index (χ1) is 13.1. The number of amides is 1. The second kappa shape index (κ2) is 9.43. The van der Waals surface area contributed by atoms with Gasteiger partial charge in [-0.15, -0.1) is 0 Å². The van der Waals surface area contributed by atoms with Crippen LogP contribution in [-0.2, 0) is 16.1 Å². The molecule has 1 aromatic carbocycles. The van der Waals surface area contributed by atoms with Crippen molar-refractivity contribution in [3.8, 4) is 5.75 Å². The summed E-state index contributed by atoms with van der Waals surface area (Å²) in [5, 5.41) is 0. The van der Waals surface area contributed by atoms with Gasteiger partial charge in [-0.25, -0.2) is 9.97 Å². The minimum absolute atomic E-state index is 0.000727. The molecule has 1 aromatic heterocycles. The highest BCUT2D eigenvalue weighted by Crippen LogP contribution is 2.19. The van der Waals surface area contributed by atoms with Crippen LogP contribution in [0.2, 0.25) is 0 Å². The Labute approximate surface area is 159 Å². The van der Waals surface area contributed by atoms with E-state index in [1.54, 1.807) is 17.4 Å². The molecule has 0 spiro atoms. The normalized spacial score (nSPS) is 15.6. The zero-order valence-corrected chi connectivity index (χ0v) is 15.9. The quantitative estimate of drug-likeness (QED) is 0.742. The van der Waals surface area contributed by atoms with Crippen LogP contribution in [0.1, 0.15) is 24.2 Å². The van der Waals surface area contributed by atoms with Gasteiger partial charge in [0.2, 0.25) is 0 Å². The summed E-state index contributed by atoms with van der Waals surface area (Å²) in [6.07, 6.45) is 3.33. The first-order valence-corrected chi connectivity index (χ1v) is 9.17. The molecule has 1 aliphatic heterocycles. The summed E-state index contributed by atoms with van der Waals surface area (Å²) < 4.78 is 10.9. The number of ether oxygens (including phenoxy) is 2. The lowest BCUT2D eigenvalue weighted by Gasteiger charge is -2.26. The van der Waals surface area contributed by atoms with E-state index in [-0.39, 0.29) is 18.6 Å². The van der Waals surface area contributed by atoms with Gasteiger partial charge >= 0.3 is 0 Å². The van der Waals surface area contributed by atoms with Crippen LogP contribution >= 0.6 is 0 Å². The van der Waals surface area contributed by atoms with E-state index in [1.165, 1.54) is 5.56 Å². The average molecular weight is 370 g/mol. The molecule has 2 aromatic rings. The highest BCUT2D eigenvalue weighted by atomic mass is 16.5. The van der Waals surface area contributed by atoms with E-state index in [1.807, 2.05) is 30.3 Å². The lowest BCUT2D eigenvalue weighted by molar-refractivity contribution is -0.137. The number of hydrogen-bond donors (Lipinski definition) is 0. The maximum Gasteiger partial charge on any atom is 0.260 e. The van der Waals surface area contributed by atoms with Gasteiger partial charge in [-0.05, 0) is 37.7 Å². The van der Waals surface area contributed by atoms with E-state index in [0.717, 1.165) is 12.2 Å². The summed E-state index contributed by atoms with van der Waals surface area (Å²) in [6, 6.07) is 9.99. The summed E-state index contributed by atoms with van der Waals surface area (Å²) in [6.45, 7) is 5.44. The van der Waals surface area contributed by atoms with Crippen molar-refractivity contribution >= 4 is 5.91 Å². The highest BCUT2D eigenvalue weighted by Gasteiger charge is 2.17. The number of aromatic nitrogens is 2. The molecule has 1 fully saturated rings. The fourth-order valence-corrected chi connectivity index (χ4v) is 2.94. The van der Waals surface area contributed by atoms with Gasteiger partial charge in [0.25, 0.3) is 5.91 Å². The molecule has 1 atom stereocenters. The van der Waals surface area contributed by atoms with Crippen LogP contribution in [0.5, 0.6) is 5.75 Å². The van der Waals surface area contributed by atoms with Crippen LogP contribution in [0.4, 0.5) is 0 Å². The molecule has 0 radical (unpaired) electrons. The van der Waals surface area contributed by atoms with Crippen molar-refractivity contribution in [2.24, 2.45) is 0 Å². The van der Waals surface area contributed by atoms with E-state index < -0.39 is 0 Å². The summed E-state index contributed by atoms with van der Waals surface area (Å²) in [7, 11) is 2.07. The van der Waals surface area contributed by atoms with Crippen LogP contribution in [0.25, 0.3) is 0 Å². The standard InChI is InChI=1S/C20H26N4O3/c1-16(19-7-8-21-15-22-19)23(2)13-17-3-5-18(6-4-17)27-14-20(25)24-9-11-26-12-10-24/h3-8,15-16H,9-14H2,1-2H3/t16-/m0/s1. The van der Waals surface area contributed by atoms with E-state index in [9.17, 15) is 4.79 Å². The van der Waals surface area contributed by atoms with Gasteiger partial charge in [0.15, 0.2) is 6.61 Å². The molecule has 7 nitrogen and oxygen atoms in total. The Hall–Kier alpha value is -2.51. The Kier molecular flexibility index (Phi) is 6.73. The molecule has 144 valence electrons. The molecule has 2 heterocycles. The highest BCUT2D eigenvalue weighted by molar-refractivity contribution is 5.77. The summed E-state index contributed by atoms with van der Waals surface area (Å²) in [4.78, 5) is 24.4. The van der Waals surface area contributed by atoms with Gasteiger partial charge in [0.05, 0.1) is 18.9 Å². The zero-order valence-electron chi connectivity index (χ0n) is 15.9. The third-order valence-corrected chi connectivity index (χ3v) is 4.78. The van der Waals surface area contributed by atoms with Crippen LogP contribution in [-0.4, -0.2) is 65.6 Å². The zero-order chi connectivity index (χ0) is 19.1. The van der Waals surface area contributed by atoms with Crippen molar-refractivity contribution < 1.29 is 14.3 Å². The van der Waals surface area contributed by atoms with Crippen molar-refractivity contribution in [1.82, 2.24) is 19.8 Å². The molecule has 0 bridgehead atoms. The average Bonchev–Trinajstić information content (AvgIpc) is 2.73. The molecule has 3 rings (SSSR count). The van der Waals surface area contributed by atoms with E-state index in [2.05, 4.69) is 28.8 Å². The number of carbonyl (C=O) groups excluding carboxylic acids is 1. The topological polar surface area (TPSA) is 67.8 Å². The third-order valence-electron chi connectivity index (χ3n) is 4.78. The van der Waals surface area contributed by atoms with Crippen molar-refractivity contribution in [3.05, 3.63) is 54.1 Å². The number of morpholine rings is 1. The number of hydrogen-bond acceptors (Lipinski definition) is 6. The third kappa shape index (κ3) is 5.48.